The van der Waals surface area contributed by atoms with E-state index in [0.717, 1.165) is 5.69 Å². The second kappa shape index (κ2) is 9.89. The predicted molar refractivity (Wildman–Crippen MR) is 114 cm³/mol. The highest BCUT2D eigenvalue weighted by atomic mass is 35.5. The Morgan fingerprint density at radius 1 is 1.28 bits per heavy atom. The van der Waals surface area contributed by atoms with E-state index in [1.165, 1.54) is 4.90 Å². The number of halogens is 1. The zero-order valence-electron chi connectivity index (χ0n) is 17.6. The highest BCUT2D eigenvalue weighted by molar-refractivity contribution is 6.30. The molecule has 0 fully saturated rings. The molecule has 2 amide bonds. The molecular formula is C21H29ClN4O3. The van der Waals surface area contributed by atoms with Crippen LogP contribution in [0.5, 0.6) is 0 Å². The number of carbonyl (C=O) groups excluding carboxylic acids is 2. The van der Waals surface area contributed by atoms with Crippen molar-refractivity contribution in [2.75, 3.05) is 32.1 Å². The zero-order chi connectivity index (χ0) is 21.6. The van der Waals surface area contributed by atoms with Crippen molar-refractivity contribution < 1.29 is 14.3 Å². The molecule has 0 aliphatic heterocycles. The van der Waals surface area contributed by atoms with Crippen LogP contribution >= 0.6 is 11.6 Å². The van der Waals surface area contributed by atoms with Crippen LogP contribution in [0.4, 0.5) is 5.82 Å². The van der Waals surface area contributed by atoms with Gasteiger partial charge in [-0.25, -0.2) is 0 Å². The average molecular weight is 421 g/mol. The number of benzene rings is 1. The van der Waals surface area contributed by atoms with E-state index < -0.39 is 5.38 Å². The van der Waals surface area contributed by atoms with Gasteiger partial charge in [-0.3, -0.25) is 14.3 Å². The zero-order valence-corrected chi connectivity index (χ0v) is 18.4. The highest BCUT2D eigenvalue weighted by Crippen LogP contribution is 2.24. The number of alkyl halides is 1. The van der Waals surface area contributed by atoms with Crippen LogP contribution in [0.25, 0.3) is 0 Å². The summed E-state index contributed by atoms with van der Waals surface area (Å²) in [4.78, 5) is 26.9. The average Bonchev–Trinajstić information content (AvgIpc) is 3.05. The van der Waals surface area contributed by atoms with E-state index in [-0.39, 0.29) is 30.3 Å². The maximum atomic E-state index is 12.9. The van der Waals surface area contributed by atoms with E-state index in [1.54, 1.807) is 31.0 Å². The SMILES string of the molecule is COCCN(CC(=O)Nc1cc(C(C)(C)C)nn1C)C(=O)C(Cl)c1ccccc1. The molecule has 0 bridgehead atoms. The largest absolute Gasteiger partial charge is 0.383 e. The van der Waals surface area contributed by atoms with Crippen LogP contribution in [0.2, 0.25) is 0 Å². The fourth-order valence-corrected chi connectivity index (χ4v) is 2.98. The number of amides is 2. The van der Waals surface area contributed by atoms with Crippen molar-refractivity contribution in [3.8, 4) is 0 Å². The third kappa shape index (κ3) is 6.30. The predicted octanol–water partition coefficient (Wildman–Crippen LogP) is 3.11. The fourth-order valence-electron chi connectivity index (χ4n) is 2.70. The molecule has 2 rings (SSSR count). The number of carbonyl (C=O) groups is 2. The Morgan fingerprint density at radius 3 is 2.48 bits per heavy atom. The molecule has 0 spiro atoms. The van der Waals surface area contributed by atoms with Crippen molar-refractivity contribution in [3.05, 3.63) is 47.7 Å². The van der Waals surface area contributed by atoms with Gasteiger partial charge in [-0.2, -0.15) is 5.10 Å². The number of nitrogens with zero attached hydrogens (tertiary/aromatic N) is 3. The number of ether oxygens (including phenoxy) is 1. The molecule has 1 aromatic heterocycles. The van der Waals surface area contributed by atoms with Gasteiger partial charge >= 0.3 is 0 Å². The molecule has 1 N–H and O–H groups in total. The number of aromatic nitrogens is 2. The Hall–Kier alpha value is -2.38. The van der Waals surface area contributed by atoms with Gasteiger partial charge in [0.15, 0.2) is 0 Å². The number of nitrogens with one attached hydrogen (secondary N) is 1. The minimum atomic E-state index is -0.870. The van der Waals surface area contributed by atoms with Gasteiger partial charge in [0.05, 0.1) is 12.3 Å². The van der Waals surface area contributed by atoms with E-state index in [1.807, 2.05) is 24.3 Å². The van der Waals surface area contributed by atoms with Crippen LogP contribution in [0.1, 0.15) is 37.4 Å². The molecule has 0 aliphatic rings. The first-order valence-electron chi connectivity index (χ1n) is 9.44. The number of methoxy groups -OCH3 is 1. The summed E-state index contributed by atoms with van der Waals surface area (Å²) in [5.41, 5.74) is 1.42. The van der Waals surface area contributed by atoms with E-state index in [4.69, 9.17) is 16.3 Å². The molecule has 2 aromatic rings. The van der Waals surface area contributed by atoms with Gasteiger partial charge in [0.1, 0.15) is 17.7 Å². The summed E-state index contributed by atoms with van der Waals surface area (Å²) >= 11 is 6.37. The molecule has 1 aromatic carbocycles. The fraction of sp³-hybridized carbons (Fsp3) is 0.476. The summed E-state index contributed by atoms with van der Waals surface area (Å²) in [6, 6.07) is 10.9. The quantitative estimate of drug-likeness (QED) is 0.665. The topological polar surface area (TPSA) is 76.5 Å². The van der Waals surface area contributed by atoms with Gasteiger partial charge in [0.25, 0.3) is 0 Å². The summed E-state index contributed by atoms with van der Waals surface area (Å²) in [5.74, 6) is -0.0927. The standard InChI is InChI=1S/C21H29ClN4O3/c1-21(2,3)16-13-17(25(4)24-16)23-18(27)14-26(11-12-29-5)20(28)19(22)15-9-7-6-8-10-15/h6-10,13,19H,11-12,14H2,1-5H3,(H,23,27). The van der Waals surface area contributed by atoms with Crippen LogP contribution in [-0.4, -0.2) is 53.3 Å². The van der Waals surface area contributed by atoms with Gasteiger partial charge in [-0.1, -0.05) is 51.1 Å². The minimum Gasteiger partial charge on any atom is -0.383 e. The normalized spacial score (nSPS) is 12.5. The third-order valence-corrected chi connectivity index (χ3v) is 4.87. The lowest BCUT2D eigenvalue weighted by atomic mass is 9.92. The summed E-state index contributed by atoms with van der Waals surface area (Å²) in [6.07, 6.45) is 0. The molecule has 8 heteroatoms. The number of rotatable bonds is 8. The molecular weight excluding hydrogens is 392 g/mol. The second-order valence-electron chi connectivity index (χ2n) is 7.86. The van der Waals surface area contributed by atoms with E-state index in [2.05, 4.69) is 31.2 Å². The second-order valence-corrected chi connectivity index (χ2v) is 8.30. The Labute approximate surface area is 177 Å². The Morgan fingerprint density at radius 2 is 1.93 bits per heavy atom. The lowest BCUT2D eigenvalue weighted by molar-refractivity contribution is -0.135. The van der Waals surface area contributed by atoms with Crippen LogP contribution in [0.3, 0.4) is 0 Å². The number of hydrogen-bond acceptors (Lipinski definition) is 4. The lowest BCUT2D eigenvalue weighted by Gasteiger charge is -2.24. The molecule has 0 saturated heterocycles. The Kier molecular flexibility index (Phi) is 7.81. The van der Waals surface area contributed by atoms with E-state index >= 15 is 0 Å². The minimum absolute atomic E-state index is 0.131. The van der Waals surface area contributed by atoms with Gasteiger partial charge in [0.2, 0.25) is 11.8 Å². The molecule has 1 heterocycles. The third-order valence-electron chi connectivity index (χ3n) is 4.44. The molecule has 0 radical (unpaired) electrons. The Balaban J connectivity index is 2.10. The first kappa shape index (κ1) is 22.9. The summed E-state index contributed by atoms with van der Waals surface area (Å²) in [5, 5.41) is 6.40. The van der Waals surface area contributed by atoms with E-state index in [0.29, 0.717) is 18.0 Å². The highest BCUT2D eigenvalue weighted by Gasteiger charge is 2.26. The molecule has 1 unspecified atom stereocenters. The molecule has 158 valence electrons. The smallest absolute Gasteiger partial charge is 0.245 e. The van der Waals surface area contributed by atoms with Crippen molar-refractivity contribution in [2.24, 2.45) is 7.05 Å². The summed E-state index contributed by atoms with van der Waals surface area (Å²) in [6.45, 7) is 6.59. The number of hydrogen-bond donors (Lipinski definition) is 1. The maximum Gasteiger partial charge on any atom is 0.245 e. The van der Waals surface area contributed by atoms with Gasteiger partial charge < -0.3 is 15.0 Å². The van der Waals surface area contributed by atoms with Crippen molar-refractivity contribution in [3.63, 3.8) is 0 Å². The van der Waals surface area contributed by atoms with Crippen molar-refractivity contribution >= 4 is 29.2 Å². The van der Waals surface area contributed by atoms with Gasteiger partial charge in [0, 0.05) is 32.2 Å². The monoisotopic (exact) mass is 420 g/mol. The Bertz CT molecular complexity index is 830. The van der Waals surface area contributed by atoms with Crippen molar-refractivity contribution in [1.29, 1.82) is 0 Å². The molecule has 0 saturated carbocycles. The van der Waals surface area contributed by atoms with Crippen LogP contribution < -0.4 is 5.32 Å². The van der Waals surface area contributed by atoms with Gasteiger partial charge in [-0.05, 0) is 5.56 Å². The van der Waals surface area contributed by atoms with Crippen LogP contribution in [0.15, 0.2) is 36.4 Å². The first-order valence-corrected chi connectivity index (χ1v) is 9.88. The number of aryl methyl sites for hydroxylation is 1. The summed E-state index contributed by atoms with van der Waals surface area (Å²) in [7, 11) is 3.31. The summed E-state index contributed by atoms with van der Waals surface area (Å²) < 4.78 is 6.70. The molecule has 7 nitrogen and oxygen atoms in total. The molecule has 1 atom stereocenters. The lowest BCUT2D eigenvalue weighted by Crippen LogP contribution is -2.41. The molecule has 29 heavy (non-hydrogen) atoms. The van der Waals surface area contributed by atoms with Crippen molar-refractivity contribution in [2.45, 2.75) is 31.6 Å². The molecule has 0 aliphatic carbocycles. The van der Waals surface area contributed by atoms with Crippen LogP contribution in [-0.2, 0) is 26.8 Å². The van der Waals surface area contributed by atoms with Crippen molar-refractivity contribution in [1.82, 2.24) is 14.7 Å². The number of anilines is 1. The van der Waals surface area contributed by atoms with E-state index in [9.17, 15) is 9.59 Å². The van der Waals surface area contributed by atoms with Crippen LogP contribution in [0, 0.1) is 0 Å². The first-order chi connectivity index (χ1) is 13.6. The van der Waals surface area contributed by atoms with Gasteiger partial charge in [-0.15, -0.1) is 11.6 Å². The maximum absolute atomic E-state index is 12.9.